The summed E-state index contributed by atoms with van der Waals surface area (Å²) in [5.74, 6) is 0.615. The number of ether oxygens (including phenoxy) is 1. The van der Waals surface area contributed by atoms with Crippen LogP contribution >= 0.6 is 24.0 Å². The van der Waals surface area contributed by atoms with Crippen LogP contribution in [0, 0.1) is 5.92 Å². The van der Waals surface area contributed by atoms with Gasteiger partial charge >= 0.3 is 0 Å². The summed E-state index contributed by atoms with van der Waals surface area (Å²) in [5, 5.41) is 3.80. The maximum atomic E-state index is 5.88. The van der Waals surface area contributed by atoms with Crippen molar-refractivity contribution in [1.82, 2.24) is 15.3 Å². The molecule has 0 radical (unpaired) electrons. The monoisotopic (exact) mass is 277 g/mol. The highest BCUT2D eigenvalue weighted by atomic mass is 35.5. The highest BCUT2D eigenvalue weighted by Crippen LogP contribution is 2.13. The lowest BCUT2D eigenvalue weighted by atomic mass is 10.0. The van der Waals surface area contributed by atoms with Crippen LogP contribution in [0.15, 0.2) is 12.4 Å². The van der Waals surface area contributed by atoms with E-state index in [2.05, 4.69) is 15.3 Å². The van der Waals surface area contributed by atoms with Gasteiger partial charge in [0.25, 0.3) is 0 Å². The number of nitrogens with one attached hydrogen (secondary N) is 1. The average Bonchev–Trinajstić information content (AvgIpc) is 2.33. The topological polar surface area (TPSA) is 47.0 Å². The SMILES string of the molecule is Cl.Clc1nccnc1COCC1CCCNC1. The van der Waals surface area contributed by atoms with Crippen molar-refractivity contribution >= 4 is 24.0 Å². The molecule has 1 aliphatic rings. The summed E-state index contributed by atoms with van der Waals surface area (Å²) in [6.45, 7) is 3.39. The van der Waals surface area contributed by atoms with E-state index in [1.54, 1.807) is 12.4 Å². The zero-order valence-electron chi connectivity index (χ0n) is 9.56. The number of hydrogen-bond donors (Lipinski definition) is 1. The fourth-order valence-electron chi connectivity index (χ4n) is 1.84. The molecule has 17 heavy (non-hydrogen) atoms. The van der Waals surface area contributed by atoms with Crippen molar-refractivity contribution in [2.45, 2.75) is 19.4 Å². The molecule has 1 saturated heterocycles. The largest absolute Gasteiger partial charge is 0.375 e. The number of halogens is 2. The van der Waals surface area contributed by atoms with Crippen LogP contribution in [-0.2, 0) is 11.3 Å². The molecule has 1 N–H and O–H groups in total. The predicted octanol–water partition coefficient (Wildman–Crippen LogP) is 2.07. The zero-order valence-corrected chi connectivity index (χ0v) is 11.1. The minimum atomic E-state index is 0. The van der Waals surface area contributed by atoms with Crippen molar-refractivity contribution in [2.75, 3.05) is 19.7 Å². The van der Waals surface area contributed by atoms with E-state index < -0.39 is 0 Å². The van der Waals surface area contributed by atoms with Gasteiger partial charge in [-0.05, 0) is 25.3 Å². The van der Waals surface area contributed by atoms with Crippen LogP contribution < -0.4 is 5.32 Å². The Bertz CT molecular complexity index is 332. The van der Waals surface area contributed by atoms with Crippen molar-refractivity contribution in [3.8, 4) is 0 Å². The van der Waals surface area contributed by atoms with Gasteiger partial charge in [-0.25, -0.2) is 4.98 Å². The molecule has 1 atom stereocenters. The van der Waals surface area contributed by atoms with Gasteiger partial charge in [0.15, 0.2) is 5.15 Å². The molecule has 96 valence electrons. The highest BCUT2D eigenvalue weighted by molar-refractivity contribution is 6.29. The highest BCUT2D eigenvalue weighted by Gasteiger charge is 2.13. The van der Waals surface area contributed by atoms with Gasteiger partial charge in [0.05, 0.1) is 13.2 Å². The molecule has 0 amide bonds. The van der Waals surface area contributed by atoms with Crippen molar-refractivity contribution < 1.29 is 4.74 Å². The smallest absolute Gasteiger partial charge is 0.152 e. The van der Waals surface area contributed by atoms with E-state index >= 15 is 0 Å². The summed E-state index contributed by atoms with van der Waals surface area (Å²) in [6.07, 6.45) is 5.69. The van der Waals surface area contributed by atoms with Crippen LogP contribution in [0.4, 0.5) is 0 Å². The van der Waals surface area contributed by atoms with Gasteiger partial charge in [-0.1, -0.05) is 11.6 Å². The van der Waals surface area contributed by atoms with E-state index in [0.29, 0.717) is 23.4 Å². The molecule has 1 aromatic rings. The predicted molar refractivity (Wildman–Crippen MR) is 69.5 cm³/mol. The molecule has 1 aromatic heterocycles. The number of nitrogens with zero attached hydrogens (tertiary/aromatic N) is 2. The zero-order chi connectivity index (χ0) is 11.2. The Morgan fingerprint density at radius 3 is 2.94 bits per heavy atom. The number of hydrogen-bond acceptors (Lipinski definition) is 4. The van der Waals surface area contributed by atoms with Gasteiger partial charge in [-0.2, -0.15) is 0 Å². The standard InChI is InChI=1S/C11H16ClN3O.ClH/c12-11-10(14-4-5-15-11)8-16-7-9-2-1-3-13-6-9;/h4-5,9,13H,1-3,6-8H2;1H. The molecule has 2 rings (SSSR count). The second-order valence-corrected chi connectivity index (χ2v) is 4.38. The lowest BCUT2D eigenvalue weighted by Gasteiger charge is -2.22. The van der Waals surface area contributed by atoms with Crippen LogP contribution in [0.3, 0.4) is 0 Å². The summed E-state index contributed by atoms with van der Waals surface area (Å²) in [7, 11) is 0. The van der Waals surface area contributed by atoms with E-state index in [-0.39, 0.29) is 12.4 Å². The number of rotatable bonds is 4. The Morgan fingerprint density at radius 2 is 2.24 bits per heavy atom. The molecule has 1 aliphatic heterocycles. The summed E-state index contributed by atoms with van der Waals surface area (Å²) < 4.78 is 5.61. The third kappa shape index (κ3) is 4.76. The van der Waals surface area contributed by atoms with Gasteiger partial charge in [0.2, 0.25) is 0 Å². The lowest BCUT2D eigenvalue weighted by Crippen LogP contribution is -2.32. The summed E-state index contributed by atoms with van der Waals surface area (Å²) >= 11 is 5.88. The second-order valence-electron chi connectivity index (χ2n) is 4.02. The van der Waals surface area contributed by atoms with Gasteiger partial charge < -0.3 is 10.1 Å². The van der Waals surface area contributed by atoms with Gasteiger partial charge in [-0.15, -0.1) is 12.4 Å². The maximum Gasteiger partial charge on any atom is 0.152 e. The van der Waals surface area contributed by atoms with Crippen LogP contribution in [-0.4, -0.2) is 29.7 Å². The maximum absolute atomic E-state index is 5.88. The first-order chi connectivity index (χ1) is 7.86. The van der Waals surface area contributed by atoms with E-state index in [9.17, 15) is 0 Å². The van der Waals surface area contributed by atoms with E-state index in [1.165, 1.54) is 12.8 Å². The molecule has 0 aromatic carbocycles. The van der Waals surface area contributed by atoms with E-state index in [1.807, 2.05) is 0 Å². The first kappa shape index (κ1) is 14.6. The minimum absolute atomic E-state index is 0. The van der Waals surface area contributed by atoms with Crippen LogP contribution in [0.25, 0.3) is 0 Å². The first-order valence-corrected chi connectivity index (χ1v) is 5.98. The van der Waals surface area contributed by atoms with E-state index in [4.69, 9.17) is 16.3 Å². The molecule has 1 fully saturated rings. The summed E-state index contributed by atoms with van der Waals surface area (Å²) in [5.41, 5.74) is 0.716. The van der Waals surface area contributed by atoms with Crippen molar-refractivity contribution in [1.29, 1.82) is 0 Å². The van der Waals surface area contributed by atoms with Crippen molar-refractivity contribution in [3.63, 3.8) is 0 Å². The normalized spacial score (nSPS) is 19.7. The third-order valence-electron chi connectivity index (χ3n) is 2.71. The Morgan fingerprint density at radius 1 is 1.41 bits per heavy atom. The second kappa shape index (κ2) is 7.82. The van der Waals surface area contributed by atoms with Crippen molar-refractivity contribution in [3.05, 3.63) is 23.2 Å². The van der Waals surface area contributed by atoms with Crippen LogP contribution in [0.2, 0.25) is 5.15 Å². The molecular formula is C11H17Cl2N3O. The Hall–Kier alpha value is -0.420. The number of piperidine rings is 1. The fraction of sp³-hybridized carbons (Fsp3) is 0.636. The Labute approximate surface area is 113 Å². The molecule has 1 unspecified atom stereocenters. The quantitative estimate of drug-likeness (QED) is 0.916. The van der Waals surface area contributed by atoms with Crippen molar-refractivity contribution in [2.24, 2.45) is 5.92 Å². The fourth-order valence-corrected chi connectivity index (χ4v) is 1.99. The average molecular weight is 278 g/mol. The lowest BCUT2D eigenvalue weighted by molar-refractivity contribution is 0.0762. The molecule has 6 heteroatoms. The van der Waals surface area contributed by atoms with E-state index in [0.717, 1.165) is 19.7 Å². The van der Waals surface area contributed by atoms with Gasteiger partial charge in [0.1, 0.15) is 5.69 Å². The molecule has 0 spiro atoms. The molecule has 0 bridgehead atoms. The molecule has 0 saturated carbocycles. The number of aromatic nitrogens is 2. The third-order valence-corrected chi connectivity index (χ3v) is 3.03. The van der Waals surface area contributed by atoms with Crippen LogP contribution in [0.1, 0.15) is 18.5 Å². The summed E-state index contributed by atoms with van der Waals surface area (Å²) in [4.78, 5) is 8.08. The first-order valence-electron chi connectivity index (χ1n) is 5.60. The minimum Gasteiger partial charge on any atom is -0.375 e. The molecular weight excluding hydrogens is 261 g/mol. The summed E-state index contributed by atoms with van der Waals surface area (Å²) in [6, 6.07) is 0. The molecule has 0 aliphatic carbocycles. The molecule has 4 nitrogen and oxygen atoms in total. The molecule has 2 heterocycles. The van der Waals surface area contributed by atoms with Gasteiger partial charge in [-0.3, -0.25) is 4.98 Å². The Balaban J connectivity index is 0.00000144. The Kier molecular flexibility index (Phi) is 6.73. The van der Waals surface area contributed by atoms with Gasteiger partial charge in [0, 0.05) is 18.9 Å². The van der Waals surface area contributed by atoms with Crippen LogP contribution in [0.5, 0.6) is 0 Å².